The standard InChI is InChI=1S/C29H30N8O6S/c1-29(2,3)19-9-11-20(12-10-19)44(39,40)35-27-24(43-23-8-6-5-7-22(23)41-4)28(42-16-15-38)32-26(31-27)21-17-18(13-14-30-21)25-33-36-37-34-25/h5-14,17,38H,15-16H2,1-4H3,(H,31,32,35)(H,33,34,36,37). The Hall–Kier alpha value is -5.15. The number of aliphatic hydroxyl groups excluding tert-OH is 1. The zero-order valence-electron chi connectivity index (χ0n) is 24.3. The number of nitrogens with one attached hydrogen (secondary N) is 2. The van der Waals surface area contributed by atoms with Gasteiger partial charge in [-0.05, 0) is 52.6 Å². The number of sulfonamides is 1. The van der Waals surface area contributed by atoms with Crippen molar-refractivity contribution in [2.45, 2.75) is 31.1 Å². The van der Waals surface area contributed by atoms with Gasteiger partial charge in [0.25, 0.3) is 15.9 Å². The second kappa shape index (κ2) is 12.6. The number of H-pyrrole nitrogens is 1. The van der Waals surface area contributed by atoms with Crippen LogP contribution in [0.4, 0.5) is 5.82 Å². The Morgan fingerprint density at radius 1 is 0.977 bits per heavy atom. The van der Waals surface area contributed by atoms with Crippen molar-refractivity contribution >= 4 is 15.8 Å². The molecule has 14 nitrogen and oxygen atoms in total. The maximum atomic E-state index is 13.7. The molecule has 44 heavy (non-hydrogen) atoms. The summed E-state index contributed by atoms with van der Waals surface area (Å²) in [4.78, 5) is 13.4. The number of anilines is 1. The number of benzene rings is 2. The Balaban J connectivity index is 1.65. The van der Waals surface area contributed by atoms with Crippen molar-refractivity contribution in [1.82, 2.24) is 35.6 Å². The van der Waals surface area contributed by atoms with E-state index < -0.39 is 10.0 Å². The molecule has 2 aromatic carbocycles. The van der Waals surface area contributed by atoms with Crippen LogP contribution in [0.5, 0.6) is 23.1 Å². The number of para-hydroxylation sites is 2. The summed E-state index contributed by atoms with van der Waals surface area (Å²) in [6.07, 6.45) is 1.50. The Morgan fingerprint density at radius 2 is 1.73 bits per heavy atom. The Bertz CT molecular complexity index is 1840. The monoisotopic (exact) mass is 618 g/mol. The van der Waals surface area contributed by atoms with Crippen LogP contribution in [0.1, 0.15) is 26.3 Å². The van der Waals surface area contributed by atoms with Crippen molar-refractivity contribution in [2.24, 2.45) is 0 Å². The lowest BCUT2D eigenvalue weighted by molar-refractivity contribution is 0.192. The molecule has 3 N–H and O–H groups in total. The highest BCUT2D eigenvalue weighted by Crippen LogP contribution is 2.41. The number of aromatic amines is 1. The van der Waals surface area contributed by atoms with Gasteiger partial charge in [-0.25, -0.2) is 13.4 Å². The molecule has 5 rings (SSSR count). The lowest BCUT2D eigenvalue weighted by Gasteiger charge is -2.20. The van der Waals surface area contributed by atoms with Gasteiger partial charge >= 0.3 is 0 Å². The Labute approximate surface area is 253 Å². The van der Waals surface area contributed by atoms with E-state index in [2.05, 4.69) is 40.3 Å². The SMILES string of the molecule is COc1ccccc1Oc1c(NS(=O)(=O)c2ccc(C(C)(C)C)cc2)nc(-c2cc(-c3nn[nH]n3)ccn2)nc1OCCO. The van der Waals surface area contributed by atoms with Crippen LogP contribution in [0, 0.1) is 0 Å². The molecule has 0 radical (unpaired) electrons. The largest absolute Gasteiger partial charge is 0.493 e. The summed E-state index contributed by atoms with van der Waals surface area (Å²) < 4.78 is 47.2. The second-order valence-electron chi connectivity index (χ2n) is 10.4. The molecule has 0 spiro atoms. The number of hydrogen-bond acceptors (Lipinski definition) is 12. The van der Waals surface area contributed by atoms with Gasteiger partial charge in [0.1, 0.15) is 12.3 Å². The number of aliphatic hydroxyl groups is 1. The molecule has 0 aliphatic heterocycles. The number of hydrogen-bond donors (Lipinski definition) is 3. The predicted molar refractivity (Wildman–Crippen MR) is 160 cm³/mol. The summed E-state index contributed by atoms with van der Waals surface area (Å²) >= 11 is 0. The van der Waals surface area contributed by atoms with E-state index in [1.165, 1.54) is 25.4 Å². The lowest BCUT2D eigenvalue weighted by Crippen LogP contribution is -2.17. The van der Waals surface area contributed by atoms with E-state index in [9.17, 15) is 13.5 Å². The molecule has 0 saturated carbocycles. The number of pyridine rings is 1. The van der Waals surface area contributed by atoms with E-state index in [-0.39, 0.29) is 58.2 Å². The van der Waals surface area contributed by atoms with Crippen molar-refractivity contribution in [2.75, 3.05) is 25.0 Å². The van der Waals surface area contributed by atoms with Crippen molar-refractivity contribution in [3.63, 3.8) is 0 Å². The minimum Gasteiger partial charge on any atom is -0.493 e. The Kier molecular flexibility index (Phi) is 8.69. The van der Waals surface area contributed by atoms with Crippen molar-refractivity contribution in [3.05, 3.63) is 72.4 Å². The highest BCUT2D eigenvalue weighted by molar-refractivity contribution is 7.92. The quantitative estimate of drug-likeness (QED) is 0.193. The number of rotatable bonds is 11. The summed E-state index contributed by atoms with van der Waals surface area (Å²) in [5, 5.41) is 23.5. The summed E-state index contributed by atoms with van der Waals surface area (Å²) in [5.74, 6) is 0.370. The normalized spacial score (nSPS) is 11.7. The van der Waals surface area contributed by atoms with Crippen LogP contribution in [0.2, 0.25) is 0 Å². The van der Waals surface area contributed by atoms with Crippen molar-refractivity contribution < 1.29 is 27.7 Å². The smallest absolute Gasteiger partial charge is 0.263 e. The number of ether oxygens (including phenoxy) is 3. The van der Waals surface area contributed by atoms with Crippen LogP contribution in [-0.4, -0.2) is 69.4 Å². The third-order valence-electron chi connectivity index (χ3n) is 6.30. The zero-order chi connectivity index (χ0) is 31.3. The van der Waals surface area contributed by atoms with Gasteiger partial charge in [-0.15, -0.1) is 10.2 Å². The molecule has 5 aromatic rings. The van der Waals surface area contributed by atoms with Crippen LogP contribution >= 0.6 is 0 Å². The molecular formula is C29H30N8O6S. The van der Waals surface area contributed by atoms with Crippen LogP contribution in [0.15, 0.2) is 71.8 Å². The van der Waals surface area contributed by atoms with E-state index in [1.807, 2.05) is 20.8 Å². The molecule has 0 aliphatic rings. The van der Waals surface area contributed by atoms with Gasteiger partial charge in [0.15, 0.2) is 23.1 Å². The third-order valence-corrected chi connectivity index (χ3v) is 7.65. The van der Waals surface area contributed by atoms with Crippen LogP contribution in [0.3, 0.4) is 0 Å². The molecule has 0 atom stereocenters. The maximum Gasteiger partial charge on any atom is 0.263 e. The first-order valence-corrected chi connectivity index (χ1v) is 14.9. The van der Waals surface area contributed by atoms with E-state index in [0.717, 1.165) is 5.56 Å². The van der Waals surface area contributed by atoms with Crippen LogP contribution in [-0.2, 0) is 15.4 Å². The number of aromatic nitrogens is 7. The zero-order valence-corrected chi connectivity index (χ0v) is 25.2. The van der Waals surface area contributed by atoms with Gasteiger partial charge in [-0.2, -0.15) is 10.2 Å². The van der Waals surface area contributed by atoms with Gasteiger partial charge in [-0.3, -0.25) is 9.71 Å². The first-order valence-electron chi connectivity index (χ1n) is 13.4. The third kappa shape index (κ3) is 6.74. The molecular weight excluding hydrogens is 588 g/mol. The molecule has 0 saturated heterocycles. The highest BCUT2D eigenvalue weighted by atomic mass is 32.2. The van der Waals surface area contributed by atoms with Gasteiger partial charge < -0.3 is 19.3 Å². The van der Waals surface area contributed by atoms with Gasteiger partial charge in [0.05, 0.1) is 18.6 Å². The van der Waals surface area contributed by atoms with Gasteiger partial charge in [0.2, 0.25) is 11.6 Å². The van der Waals surface area contributed by atoms with Gasteiger partial charge in [-0.1, -0.05) is 45.0 Å². The minimum atomic E-state index is -4.20. The number of tetrazole rings is 1. The van der Waals surface area contributed by atoms with Crippen molar-refractivity contribution in [3.8, 4) is 46.0 Å². The van der Waals surface area contributed by atoms with Gasteiger partial charge in [0, 0.05) is 11.8 Å². The molecule has 0 aliphatic carbocycles. The van der Waals surface area contributed by atoms with E-state index in [0.29, 0.717) is 17.1 Å². The molecule has 15 heteroatoms. The summed E-state index contributed by atoms with van der Waals surface area (Å²) in [6.45, 7) is 5.59. The predicted octanol–water partition coefficient (Wildman–Crippen LogP) is 3.99. The fourth-order valence-electron chi connectivity index (χ4n) is 4.06. The topological polar surface area (TPSA) is 187 Å². The molecule has 0 unspecified atom stereocenters. The molecule has 3 heterocycles. The minimum absolute atomic E-state index is 0.00329. The summed E-state index contributed by atoms with van der Waals surface area (Å²) in [6, 6.07) is 16.6. The Morgan fingerprint density at radius 3 is 2.39 bits per heavy atom. The second-order valence-corrected chi connectivity index (χ2v) is 12.1. The first kappa shape index (κ1) is 30.3. The van der Waals surface area contributed by atoms with E-state index >= 15 is 0 Å². The fraction of sp³-hybridized carbons (Fsp3) is 0.241. The number of methoxy groups -OCH3 is 1. The highest BCUT2D eigenvalue weighted by Gasteiger charge is 2.26. The lowest BCUT2D eigenvalue weighted by atomic mass is 9.87. The van der Waals surface area contributed by atoms with Crippen LogP contribution < -0.4 is 18.9 Å². The maximum absolute atomic E-state index is 13.7. The van der Waals surface area contributed by atoms with Crippen molar-refractivity contribution in [1.29, 1.82) is 0 Å². The average molecular weight is 619 g/mol. The van der Waals surface area contributed by atoms with E-state index in [1.54, 1.807) is 48.5 Å². The molecule has 0 amide bonds. The summed E-state index contributed by atoms with van der Waals surface area (Å²) in [7, 11) is -2.72. The molecule has 0 bridgehead atoms. The summed E-state index contributed by atoms with van der Waals surface area (Å²) in [5.41, 5.74) is 1.60. The number of nitrogens with zero attached hydrogens (tertiary/aromatic N) is 6. The molecule has 228 valence electrons. The molecule has 3 aromatic heterocycles. The van der Waals surface area contributed by atoms with Crippen LogP contribution in [0.25, 0.3) is 22.9 Å². The fourth-order valence-corrected chi connectivity index (χ4v) is 5.06. The first-order chi connectivity index (χ1) is 21.1. The average Bonchev–Trinajstić information content (AvgIpc) is 3.56. The van der Waals surface area contributed by atoms with E-state index in [4.69, 9.17) is 14.2 Å². The molecule has 0 fully saturated rings.